The fraction of sp³-hybridized carbons (Fsp3) is 0.263. The summed E-state index contributed by atoms with van der Waals surface area (Å²) >= 11 is 8.86. The molecular formula is C19H17ClO4S2. The summed E-state index contributed by atoms with van der Waals surface area (Å²) in [6.45, 7) is 2.09. The molecule has 136 valence electrons. The number of rotatable bonds is 7. The molecule has 0 saturated carbocycles. The molecule has 0 spiro atoms. The van der Waals surface area contributed by atoms with Gasteiger partial charge in [-0.05, 0) is 30.2 Å². The van der Waals surface area contributed by atoms with Crippen LogP contribution in [0.25, 0.3) is 11.0 Å². The van der Waals surface area contributed by atoms with E-state index < -0.39 is 5.63 Å². The van der Waals surface area contributed by atoms with Gasteiger partial charge in [-0.3, -0.25) is 4.79 Å². The first-order valence-corrected chi connectivity index (χ1v) is 10.4. The fourth-order valence-corrected chi connectivity index (χ4v) is 4.50. The van der Waals surface area contributed by atoms with Gasteiger partial charge in [0.2, 0.25) is 0 Å². The summed E-state index contributed by atoms with van der Waals surface area (Å²) in [6, 6.07) is 10.9. The first kappa shape index (κ1) is 19.0. The van der Waals surface area contributed by atoms with Crippen LogP contribution in [0.1, 0.15) is 22.9 Å². The van der Waals surface area contributed by atoms with Crippen LogP contribution in [0, 0.1) is 0 Å². The molecule has 2 aromatic heterocycles. The second-order valence-corrected chi connectivity index (χ2v) is 8.42. The highest BCUT2D eigenvalue weighted by Crippen LogP contribution is 2.25. The Morgan fingerprint density at radius 1 is 1.27 bits per heavy atom. The molecule has 0 fully saturated rings. The topological polar surface area (TPSA) is 56.5 Å². The molecule has 0 aliphatic carbocycles. The van der Waals surface area contributed by atoms with Crippen LogP contribution in [0.5, 0.6) is 0 Å². The number of ether oxygens (including phenoxy) is 1. The Hall–Kier alpha value is -1.76. The maximum Gasteiger partial charge on any atom is 0.336 e. The molecule has 0 radical (unpaired) electrons. The molecule has 4 nitrogen and oxygen atoms in total. The summed E-state index contributed by atoms with van der Waals surface area (Å²) in [4.78, 5) is 24.8. The molecule has 7 heteroatoms. The zero-order valence-corrected chi connectivity index (χ0v) is 16.5. The number of hydrogen-bond donors (Lipinski definition) is 0. The summed E-state index contributed by atoms with van der Waals surface area (Å²) in [5.41, 5.74) is 1.81. The molecule has 0 saturated heterocycles. The molecule has 0 N–H and O–H groups in total. The van der Waals surface area contributed by atoms with Crippen molar-refractivity contribution < 1.29 is 13.9 Å². The molecule has 2 heterocycles. The third kappa shape index (κ3) is 4.90. The molecule has 3 rings (SSSR count). The Bertz CT molecular complexity index is 977. The van der Waals surface area contributed by atoms with Crippen molar-refractivity contribution in [3.05, 3.63) is 67.2 Å². The van der Waals surface area contributed by atoms with Crippen molar-refractivity contribution in [1.29, 1.82) is 0 Å². The number of esters is 1. The molecule has 3 aromatic rings. The van der Waals surface area contributed by atoms with E-state index in [1.807, 2.05) is 37.3 Å². The lowest BCUT2D eigenvalue weighted by Gasteiger charge is -2.08. The standard InChI is InChI=1S/C19H17ClO4S2/c1-2-12-3-5-15-13(8-18(21)24-16(15)7-12)9-23-19(22)11-25-10-14-4-6-17(20)26-14/h3-8H,2,9-11H2,1H3. The Morgan fingerprint density at radius 3 is 2.85 bits per heavy atom. The van der Waals surface area contributed by atoms with Gasteiger partial charge in [0, 0.05) is 27.6 Å². The molecule has 0 unspecified atom stereocenters. The highest BCUT2D eigenvalue weighted by atomic mass is 35.5. The van der Waals surface area contributed by atoms with Crippen molar-refractivity contribution in [2.24, 2.45) is 0 Å². The van der Waals surface area contributed by atoms with Crippen LogP contribution in [0.15, 0.2) is 45.6 Å². The number of fused-ring (bicyclic) bond motifs is 1. The Labute approximate surface area is 164 Å². The largest absolute Gasteiger partial charge is 0.460 e. The average molecular weight is 409 g/mol. The van der Waals surface area contributed by atoms with Crippen molar-refractivity contribution in [3.8, 4) is 0 Å². The minimum absolute atomic E-state index is 0.0534. The van der Waals surface area contributed by atoms with Crippen LogP contribution >= 0.6 is 34.7 Å². The number of aryl methyl sites for hydroxylation is 1. The smallest absolute Gasteiger partial charge is 0.336 e. The summed E-state index contributed by atoms with van der Waals surface area (Å²) in [6.07, 6.45) is 0.853. The highest BCUT2D eigenvalue weighted by molar-refractivity contribution is 7.99. The van der Waals surface area contributed by atoms with Gasteiger partial charge in [0.15, 0.2) is 0 Å². The van der Waals surface area contributed by atoms with Crippen LogP contribution in [-0.4, -0.2) is 11.7 Å². The maximum absolute atomic E-state index is 12.0. The third-order valence-electron chi connectivity index (χ3n) is 3.78. The van der Waals surface area contributed by atoms with Gasteiger partial charge in [0.05, 0.1) is 10.1 Å². The van der Waals surface area contributed by atoms with Crippen LogP contribution in [0.4, 0.5) is 0 Å². The lowest BCUT2D eigenvalue weighted by atomic mass is 10.1. The molecular weight excluding hydrogens is 392 g/mol. The Balaban J connectivity index is 1.60. The minimum atomic E-state index is -0.444. The fourth-order valence-electron chi connectivity index (χ4n) is 2.48. The van der Waals surface area contributed by atoms with E-state index in [2.05, 4.69) is 0 Å². The summed E-state index contributed by atoms with van der Waals surface area (Å²) in [5, 5.41) is 0.787. The van der Waals surface area contributed by atoms with Gasteiger partial charge in [-0.1, -0.05) is 30.7 Å². The molecule has 0 bridgehead atoms. The number of thiophene rings is 1. The third-order valence-corrected chi connectivity index (χ3v) is 6.15. The number of benzene rings is 1. The monoisotopic (exact) mass is 408 g/mol. The Kier molecular flexibility index (Phi) is 6.40. The average Bonchev–Trinajstić information content (AvgIpc) is 3.04. The summed E-state index contributed by atoms with van der Waals surface area (Å²) < 4.78 is 11.3. The lowest BCUT2D eigenvalue weighted by Crippen LogP contribution is -2.09. The van der Waals surface area contributed by atoms with E-state index in [0.717, 1.165) is 26.6 Å². The van der Waals surface area contributed by atoms with Gasteiger partial charge in [-0.15, -0.1) is 23.1 Å². The van der Waals surface area contributed by atoms with E-state index in [4.69, 9.17) is 20.8 Å². The zero-order chi connectivity index (χ0) is 18.5. The molecule has 0 atom stereocenters. The number of halogens is 1. The van der Waals surface area contributed by atoms with Crippen LogP contribution < -0.4 is 5.63 Å². The van der Waals surface area contributed by atoms with E-state index in [9.17, 15) is 9.59 Å². The predicted octanol–water partition coefficient (Wildman–Crippen LogP) is 5.05. The number of carbonyl (C=O) groups is 1. The first-order chi connectivity index (χ1) is 12.5. The summed E-state index contributed by atoms with van der Waals surface area (Å²) in [5.74, 6) is 0.642. The van der Waals surface area contributed by atoms with Crippen molar-refractivity contribution >= 4 is 51.6 Å². The number of hydrogen-bond acceptors (Lipinski definition) is 6. The second kappa shape index (κ2) is 8.75. The van der Waals surface area contributed by atoms with Crippen LogP contribution in [0.2, 0.25) is 4.34 Å². The lowest BCUT2D eigenvalue weighted by molar-refractivity contribution is -0.141. The highest BCUT2D eigenvalue weighted by Gasteiger charge is 2.10. The van der Waals surface area contributed by atoms with Gasteiger partial charge in [-0.2, -0.15) is 0 Å². The molecule has 0 aliphatic rings. The van der Waals surface area contributed by atoms with E-state index in [1.54, 1.807) is 0 Å². The SMILES string of the molecule is CCc1ccc2c(COC(=O)CSCc3ccc(Cl)s3)cc(=O)oc2c1. The van der Waals surface area contributed by atoms with Crippen molar-refractivity contribution in [2.45, 2.75) is 25.7 Å². The summed E-state index contributed by atoms with van der Waals surface area (Å²) in [7, 11) is 0. The van der Waals surface area contributed by atoms with Crippen molar-refractivity contribution in [1.82, 2.24) is 0 Å². The van der Waals surface area contributed by atoms with Gasteiger partial charge in [0.1, 0.15) is 12.2 Å². The minimum Gasteiger partial charge on any atom is -0.460 e. The van der Waals surface area contributed by atoms with E-state index in [1.165, 1.54) is 29.2 Å². The number of thioether (sulfide) groups is 1. The number of carbonyl (C=O) groups excluding carboxylic acids is 1. The van der Waals surface area contributed by atoms with E-state index >= 15 is 0 Å². The van der Waals surface area contributed by atoms with Crippen LogP contribution in [0.3, 0.4) is 0 Å². The first-order valence-electron chi connectivity index (χ1n) is 8.08. The Morgan fingerprint density at radius 2 is 2.12 bits per heavy atom. The quantitative estimate of drug-likeness (QED) is 0.404. The van der Waals surface area contributed by atoms with Gasteiger partial charge in [0.25, 0.3) is 0 Å². The zero-order valence-electron chi connectivity index (χ0n) is 14.1. The van der Waals surface area contributed by atoms with E-state index in [-0.39, 0.29) is 18.3 Å². The van der Waals surface area contributed by atoms with Crippen LogP contribution in [-0.2, 0) is 28.3 Å². The predicted molar refractivity (Wildman–Crippen MR) is 107 cm³/mol. The van der Waals surface area contributed by atoms with Crippen molar-refractivity contribution in [2.75, 3.05) is 5.75 Å². The second-order valence-electron chi connectivity index (χ2n) is 5.63. The van der Waals surface area contributed by atoms with Gasteiger partial charge >= 0.3 is 11.6 Å². The molecule has 0 amide bonds. The molecule has 1 aromatic carbocycles. The maximum atomic E-state index is 12.0. The van der Waals surface area contributed by atoms with Gasteiger partial charge < -0.3 is 9.15 Å². The normalized spacial score (nSPS) is 11.0. The van der Waals surface area contributed by atoms with Crippen molar-refractivity contribution in [3.63, 3.8) is 0 Å². The molecule has 0 aliphatic heterocycles. The molecule has 26 heavy (non-hydrogen) atoms. The van der Waals surface area contributed by atoms with Gasteiger partial charge in [-0.25, -0.2) is 4.79 Å². The van der Waals surface area contributed by atoms with E-state index in [0.29, 0.717) is 16.9 Å².